The SMILES string of the molecule is C[C@@H]1Cc2ccccc2N1C(=O)/C(C#N)=C/c1ccccc1. The molecule has 0 radical (unpaired) electrons. The van der Waals surface area contributed by atoms with Gasteiger partial charge in [-0.3, -0.25) is 4.79 Å². The normalized spacial score (nSPS) is 17.0. The predicted octanol–water partition coefficient (Wildman–Crippen LogP) is 3.57. The van der Waals surface area contributed by atoms with Gasteiger partial charge in [0.25, 0.3) is 5.91 Å². The Morgan fingerprint density at radius 2 is 1.86 bits per heavy atom. The molecular formula is C19H16N2O. The van der Waals surface area contributed by atoms with Crippen molar-refractivity contribution in [2.45, 2.75) is 19.4 Å². The lowest BCUT2D eigenvalue weighted by molar-refractivity contribution is -0.115. The lowest BCUT2D eigenvalue weighted by atomic mass is 10.1. The van der Waals surface area contributed by atoms with Crippen LogP contribution in [0.25, 0.3) is 6.08 Å². The smallest absolute Gasteiger partial charge is 0.269 e. The summed E-state index contributed by atoms with van der Waals surface area (Å²) in [5.74, 6) is -0.233. The van der Waals surface area contributed by atoms with Gasteiger partial charge in [-0.2, -0.15) is 5.26 Å². The lowest BCUT2D eigenvalue weighted by Crippen LogP contribution is -2.36. The molecule has 0 fully saturated rings. The highest BCUT2D eigenvalue weighted by Crippen LogP contribution is 2.33. The van der Waals surface area contributed by atoms with Crippen LogP contribution in [0, 0.1) is 11.3 Å². The van der Waals surface area contributed by atoms with Crippen LogP contribution in [0.1, 0.15) is 18.1 Å². The third-order valence-corrected chi connectivity index (χ3v) is 3.89. The Morgan fingerprint density at radius 3 is 2.59 bits per heavy atom. The minimum absolute atomic E-state index is 0.0671. The van der Waals surface area contributed by atoms with Gasteiger partial charge in [0.2, 0.25) is 0 Å². The summed E-state index contributed by atoms with van der Waals surface area (Å²) >= 11 is 0. The van der Waals surface area contributed by atoms with Crippen molar-refractivity contribution in [3.05, 3.63) is 71.3 Å². The fourth-order valence-electron chi connectivity index (χ4n) is 2.86. The first-order valence-corrected chi connectivity index (χ1v) is 7.29. The van der Waals surface area contributed by atoms with Gasteiger partial charge in [-0.25, -0.2) is 0 Å². The Morgan fingerprint density at radius 1 is 1.18 bits per heavy atom. The maximum absolute atomic E-state index is 12.8. The van der Waals surface area contributed by atoms with Crippen LogP contribution >= 0.6 is 0 Å². The second kappa shape index (κ2) is 5.87. The van der Waals surface area contributed by atoms with E-state index in [4.69, 9.17) is 0 Å². The molecule has 0 N–H and O–H groups in total. The van der Waals surface area contributed by atoms with Crippen molar-refractivity contribution in [2.24, 2.45) is 0 Å². The maximum Gasteiger partial charge on any atom is 0.269 e. The molecule has 3 heteroatoms. The number of hydrogen-bond donors (Lipinski definition) is 0. The molecule has 0 aromatic heterocycles. The number of anilines is 1. The topological polar surface area (TPSA) is 44.1 Å². The average molecular weight is 288 g/mol. The number of carbonyl (C=O) groups excluding carboxylic acids is 1. The van der Waals surface area contributed by atoms with Crippen molar-refractivity contribution in [3.8, 4) is 6.07 Å². The van der Waals surface area contributed by atoms with Crippen LogP contribution in [0.4, 0.5) is 5.69 Å². The summed E-state index contributed by atoms with van der Waals surface area (Å²) in [6.45, 7) is 2.01. The van der Waals surface area contributed by atoms with Crippen LogP contribution in [-0.2, 0) is 11.2 Å². The molecule has 108 valence electrons. The first kappa shape index (κ1) is 14.1. The maximum atomic E-state index is 12.8. The summed E-state index contributed by atoms with van der Waals surface area (Å²) < 4.78 is 0. The molecule has 0 aliphatic carbocycles. The quantitative estimate of drug-likeness (QED) is 0.626. The number of nitrogens with zero attached hydrogens (tertiary/aromatic N) is 2. The van der Waals surface area contributed by atoms with Crippen molar-refractivity contribution in [2.75, 3.05) is 4.90 Å². The molecule has 0 bridgehead atoms. The van der Waals surface area contributed by atoms with E-state index < -0.39 is 0 Å². The van der Waals surface area contributed by atoms with Crippen molar-refractivity contribution >= 4 is 17.7 Å². The Hall–Kier alpha value is -2.86. The zero-order valence-corrected chi connectivity index (χ0v) is 12.4. The average Bonchev–Trinajstić information content (AvgIpc) is 2.88. The van der Waals surface area contributed by atoms with Crippen LogP contribution in [0.15, 0.2) is 60.2 Å². The van der Waals surface area contributed by atoms with E-state index in [0.717, 1.165) is 23.2 Å². The highest BCUT2D eigenvalue weighted by molar-refractivity contribution is 6.12. The minimum atomic E-state index is -0.233. The van der Waals surface area contributed by atoms with E-state index >= 15 is 0 Å². The van der Waals surface area contributed by atoms with Gasteiger partial charge in [-0.15, -0.1) is 0 Å². The number of fused-ring (bicyclic) bond motifs is 1. The molecule has 1 aliphatic heterocycles. The lowest BCUT2D eigenvalue weighted by Gasteiger charge is -2.22. The van der Waals surface area contributed by atoms with Gasteiger partial charge in [0.05, 0.1) is 0 Å². The van der Waals surface area contributed by atoms with Gasteiger partial charge < -0.3 is 4.90 Å². The van der Waals surface area contributed by atoms with Crippen LogP contribution in [0.5, 0.6) is 0 Å². The van der Waals surface area contributed by atoms with E-state index in [0.29, 0.717) is 0 Å². The van der Waals surface area contributed by atoms with Crippen LogP contribution < -0.4 is 4.90 Å². The molecule has 0 unspecified atom stereocenters. The number of hydrogen-bond acceptors (Lipinski definition) is 2. The number of rotatable bonds is 2. The summed E-state index contributed by atoms with van der Waals surface area (Å²) in [5, 5.41) is 9.39. The first-order valence-electron chi connectivity index (χ1n) is 7.29. The Bertz CT molecular complexity index is 772. The van der Waals surface area contributed by atoms with Crippen molar-refractivity contribution < 1.29 is 4.79 Å². The van der Waals surface area contributed by atoms with Gasteiger partial charge in [-0.05, 0) is 36.6 Å². The molecule has 0 saturated heterocycles. The summed E-state index contributed by atoms with van der Waals surface area (Å²) in [4.78, 5) is 14.5. The summed E-state index contributed by atoms with van der Waals surface area (Å²) in [5.41, 5.74) is 3.08. The molecule has 1 heterocycles. The Labute approximate surface area is 130 Å². The van der Waals surface area contributed by atoms with Gasteiger partial charge in [0, 0.05) is 11.7 Å². The molecule has 1 amide bonds. The third-order valence-electron chi connectivity index (χ3n) is 3.89. The molecular weight excluding hydrogens is 272 g/mol. The zero-order chi connectivity index (χ0) is 15.5. The summed E-state index contributed by atoms with van der Waals surface area (Å²) in [7, 11) is 0. The van der Waals surface area contributed by atoms with E-state index in [1.54, 1.807) is 11.0 Å². The fourth-order valence-corrected chi connectivity index (χ4v) is 2.86. The van der Waals surface area contributed by atoms with Crippen LogP contribution in [0.2, 0.25) is 0 Å². The van der Waals surface area contributed by atoms with Gasteiger partial charge in [0.1, 0.15) is 11.6 Å². The van der Waals surface area contributed by atoms with Crippen LogP contribution in [-0.4, -0.2) is 11.9 Å². The van der Waals surface area contributed by atoms with Gasteiger partial charge in [0.15, 0.2) is 0 Å². The molecule has 22 heavy (non-hydrogen) atoms. The second-order valence-electron chi connectivity index (χ2n) is 5.44. The van der Waals surface area contributed by atoms with Crippen molar-refractivity contribution in [1.29, 1.82) is 5.26 Å². The third kappa shape index (κ3) is 2.51. The predicted molar refractivity (Wildman–Crippen MR) is 87.1 cm³/mol. The van der Waals surface area contributed by atoms with E-state index in [2.05, 4.69) is 0 Å². The molecule has 2 aromatic rings. The minimum Gasteiger partial charge on any atom is -0.304 e. The molecule has 3 rings (SSSR count). The number of para-hydroxylation sites is 1. The van der Waals surface area contributed by atoms with Crippen molar-refractivity contribution in [3.63, 3.8) is 0 Å². The molecule has 1 aliphatic rings. The van der Waals surface area contributed by atoms with E-state index in [1.165, 1.54) is 0 Å². The molecule has 2 aromatic carbocycles. The molecule has 0 spiro atoms. The number of amides is 1. The number of benzene rings is 2. The Balaban J connectivity index is 1.96. The largest absolute Gasteiger partial charge is 0.304 e. The second-order valence-corrected chi connectivity index (χ2v) is 5.44. The number of carbonyl (C=O) groups is 1. The van der Waals surface area contributed by atoms with Crippen LogP contribution in [0.3, 0.4) is 0 Å². The summed E-state index contributed by atoms with van der Waals surface area (Å²) in [6.07, 6.45) is 2.47. The monoisotopic (exact) mass is 288 g/mol. The van der Waals surface area contributed by atoms with E-state index in [1.807, 2.05) is 67.6 Å². The van der Waals surface area contributed by atoms with Crippen molar-refractivity contribution in [1.82, 2.24) is 0 Å². The Kier molecular flexibility index (Phi) is 3.76. The van der Waals surface area contributed by atoms with E-state index in [-0.39, 0.29) is 17.5 Å². The number of nitriles is 1. The standard InChI is InChI=1S/C19H16N2O/c1-14-11-16-9-5-6-10-18(16)21(14)19(22)17(13-20)12-15-7-3-2-4-8-15/h2-10,12,14H,11H2,1H3/b17-12+/t14-/m1/s1. The highest BCUT2D eigenvalue weighted by Gasteiger charge is 2.32. The molecule has 0 saturated carbocycles. The van der Waals surface area contributed by atoms with Gasteiger partial charge >= 0.3 is 0 Å². The molecule has 1 atom stereocenters. The first-order chi connectivity index (χ1) is 10.7. The highest BCUT2D eigenvalue weighted by atomic mass is 16.2. The van der Waals surface area contributed by atoms with E-state index in [9.17, 15) is 10.1 Å². The summed E-state index contributed by atoms with van der Waals surface area (Å²) in [6, 6.07) is 19.4. The fraction of sp³-hybridized carbons (Fsp3) is 0.158. The van der Waals surface area contributed by atoms with Gasteiger partial charge in [-0.1, -0.05) is 48.5 Å². The zero-order valence-electron chi connectivity index (χ0n) is 12.4. The molecule has 3 nitrogen and oxygen atoms in total.